The lowest BCUT2D eigenvalue weighted by atomic mass is 10.0. The van der Waals surface area contributed by atoms with Crippen molar-refractivity contribution in [1.29, 1.82) is 0 Å². The van der Waals surface area contributed by atoms with Crippen LogP contribution in [0.5, 0.6) is 0 Å². The average molecular weight is 490 g/mol. The maximum Gasteiger partial charge on any atom is 0.256 e. The van der Waals surface area contributed by atoms with E-state index in [0.717, 1.165) is 5.69 Å². The van der Waals surface area contributed by atoms with Gasteiger partial charge in [0.15, 0.2) is 0 Å². The van der Waals surface area contributed by atoms with Crippen LogP contribution in [0.3, 0.4) is 0 Å². The number of hydrogen-bond acceptors (Lipinski definition) is 4. The zero-order valence-corrected chi connectivity index (χ0v) is 20.6. The monoisotopic (exact) mass is 489 g/mol. The van der Waals surface area contributed by atoms with Crippen molar-refractivity contribution >= 4 is 46.4 Å². The summed E-state index contributed by atoms with van der Waals surface area (Å²) in [7, 11) is 3.88. The molecule has 0 bridgehead atoms. The zero-order valence-electron chi connectivity index (χ0n) is 20.6. The molecule has 8 nitrogen and oxygen atoms in total. The van der Waals surface area contributed by atoms with Crippen molar-refractivity contribution < 1.29 is 18.8 Å². The van der Waals surface area contributed by atoms with Gasteiger partial charge in [-0.1, -0.05) is 0 Å². The first-order chi connectivity index (χ1) is 17.1. The molecule has 1 aliphatic rings. The summed E-state index contributed by atoms with van der Waals surface area (Å²) in [5, 5.41) is 8.32. The fourth-order valence-corrected chi connectivity index (χ4v) is 4.15. The molecule has 3 amide bonds. The molecular formula is C27H28FN5O3. The highest BCUT2D eigenvalue weighted by atomic mass is 19.1. The van der Waals surface area contributed by atoms with Gasteiger partial charge in [0.05, 0.1) is 11.1 Å². The standard InChI is InChI=1S/C27H28FN5O3/c1-15-23(14-21-20-13-17(28)5-10-22(20)32-26(21)35)30-16(2)25(15)27(36)29-12-11-24(34)31-18-6-8-19(9-7-18)33(3)4/h5-10,13-14,30H,11-12H2,1-4H3,(H,29,36)(H,31,34)(H,32,35)/b21-14-. The van der Waals surface area contributed by atoms with Crippen LogP contribution in [0, 0.1) is 19.7 Å². The van der Waals surface area contributed by atoms with Gasteiger partial charge in [-0.3, -0.25) is 14.4 Å². The van der Waals surface area contributed by atoms with Gasteiger partial charge >= 0.3 is 0 Å². The molecule has 4 N–H and O–H groups in total. The Morgan fingerprint density at radius 3 is 2.50 bits per heavy atom. The minimum absolute atomic E-state index is 0.114. The molecule has 9 heteroatoms. The van der Waals surface area contributed by atoms with Crippen LogP contribution in [0.1, 0.15) is 39.3 Å². The summed E-state index contributed by atoms with van der Waals surface area (Å²) in [6.45, 7) is 3.70. The number of carbonyl (C=O) groups excluding carboxylic acids is 3. The topological polar surface area (TPSA) is 106 Å². The summed E-state index contributed by atoms with van der Waals surface area (Å²) in [6, 6.07) is 11.6. The van der Waals surface area contributed by atoms with Crippen LogP contribution in [0.15, 0.2) is 42.5 Å². The third-order valence-corrected chi connectivity index (χ3v) is 6.06. The number of halogens is 1. The van der Waals surface area contributed by atoms with Gasteiger partial charge in [0.1, 0.15) is 5.82 Å². The molecule has 2 heterocycles. The summed E-state index contributed by atoms with van der Waals surface area (Å²) in [5.41, 5.74) is 5.34. The first-order valence-corrected chi connectivity index (χ1v) is 11.5. The normalized spacial score (nSPS) is 13.4. The van der Waals surface area contributed by atoms with Crippen molar-refractivity contribution in [3.05, 3.63) is 76.4 Å². The van der Waals surface area contributed by atoms with Crippen molar-refractivity contribution in [1.82, 2.24) is 10.3 Å². The number of rotatable bonds is 7. The van der Waals surface area contributed by atoms with Gasteiger partial charge in [0.2, 0.25) is 5.91 Å². The molecule has 0 saturated carbocycles. The second kappa shape index (κ2) is 10.1. The van der Waals surface area contributed by atoms with Gasteiger partial charge in [-0.25, -0.2) is 4.39 Å². The highest BCUT2D eigenvalue weighted by Gasteiger charge is 2.26. The summed E-state index contributed by atoms with van der Waals surface area (Å²) in [4.78, 5) is 42.7. The molecule has 0 radical (unpaired) electrons. The molecule has 36 heavy (non-hydrogen) atoms. The Kier molecular flexibility index (Phi) is 6.91. The van der Waals surface area contributed by atoms with Gasteiger partial charge in [0.25, 0.3) is 11.8 Å². The molecular weight excluding hydrogens is 461 g/mol. The highest BCUT2D eigenvalue weighted by molar-refractivity contribution is 6.34. The minimum atomic E-state index is -0.440. The predicted molar refractivity (Wildman–Crippen MR) is 140 cm³/mol. The molecule has 186 valence electrons. The van der Waals surface area contributed by atoms with Crippen LogP contribution >= 0.6 is 0 Å². The van der Waals surface area contributed by atoms with Crippen LogP contribution in [0.4, 0.5) is 21.5 Å². The molecule has 1 aromatic heterocycles. The lowest BCUT2D eigenvalue weighted by Crippen LogP contribution is -2.28. The molecule has 0 spiro atoms. The smallest absolute Gasteiger partial charge is 0.256 e. The van der Waals surface area contributed by atoms with E-state index in [1.165, 1.54) is 18.2 Å². The number of hydrogen-bond donors (Lipinski definition) is 4. The van der Waals surface area contributed by atoms with Crippen molar-refractivity contribution in [3.8, 4) is 0 Å². The quantitative estimate of drug-likeness (QED) is 0.375. The van der Waals surface area contributed by atoms with E-state index in [4.69, 9.17) is 0 Å². The number of aromatic nitrogens is 1. The Morgan fingerprint density at radius 2 is 1.81 bits per heavy atom. The molecule has 0 fully saturated rings. The zero-order chi connectivity index (χ0) is 26.0. The lowest BCUT2D eigenvalue weighted by molar-refractivity contribution is -0.116. The Hall–Kier alpha value is -4.40. The van der Waals surface area contributed by atoms with Gasteiger partial charge in [-0.05, 0) is 68.0 Å². The molecule has 0 aliphatic carbocycles. The fourth-order valence-electron chi connectivity index (χ4n) is 4.15. The molecule has 2 aromatic carbocycles. The minimum Gasteiger partial charge on any atom is -0.378 e. The Balaban J connectivity index is 1.40. The summed E-state index contributed by atoms with van der Waals surface area (Å²) >= 11 is 0. The van der Waals surface area contributed by atoms with E-state index >= 15 is 0 Å². The maximum absolute atomic E-state index is 13.7. The van der Waals surface area contributed by atoms with Crippen LogP contribution in [-0.4, -0.2) is 43.3 Å². The van der Waals surface area contributed by atoms with Gasteiger partial charge < -0.3 is 25.8 Å². The van der Waals surface area contributed by atoms with Crippen LogP contribution < -0.4 is 20.9 Å². The molecule has 1 aliphatic heterocycles. The molecule has 0 unspecified atom stereocenters. The van der Waals surface area contributed by atoms with Crippen molar-refractivity contribution in [2.75, 3.05) is 36.2 Å². The molecule has 4 rings (SSSR count). The second-order valence-corrected chi connectivity index (χ2v) is 8.86. The van der Waals surface area contributed by atoms with E-state index in [1.54, 1.807) is 19.9 Å². The van der Waals surface area contributed by atoms with Crippen LogP contribution in [-0.2, 0) is 9.59 Å². The van der Waals surface area contributed by atoms with E-state index in [9.17, 15) is 18.8 Å². The average Bonchev–Trinajstić information content (AvgIpc) is 3.28. The largest absolute Gasteiger partial charge is 0.378 e. The fraction of sp³-hybridized carbons (Fsp3) is 0.222. The maximum atomic E-state index is 13.7. The molecule has 0 atom stereocenters. The summed E-state index contributed by atoms with van der Waals surface area (Å²) < 4.78 is 13.7. The molecule has 3 aromatic rings. The highest BCUT2D eigenvalue weighted by Crippen LogP contribution is 2.34. The third-order valence-electron chi connectivity index (χ3n) is 6.06. The van der Waals surface area contributed by atoms with Gasteiger partial charge in [0, 0.05) is 61.1 Å². The number of carbonyl (C=O) groups is 3. The van der Waals surface area contributed by atoms with Crippen LogP contribution in [0.2, 0.25) is 0 Å². The SMILES string of the molecule is Cc1[nH]c(/C=C2\C(=O)Nc3ccc(F)cc32)c(C)c1C(=O)NCCC(=O)Nc1ccc(N(C)C)cc1. The van der Waals surface area contributed by atoms with Crippen molar-refractivity contribution in [2.45, 2.75) is 20.3 Å². The number of aryl methyl sites for hydroxylation is 1. The van der Waals surface area contributed by atoms with E-state index in [1.807, 2.05) is 43.3 Å². The lowest BCUT2D eigenvalue weighted by Gasteiger charge is -2.13. The number of amides is 3. The predicted octanol–water partition coefficient (Wildman–Crippen LogP) is 4.09. The van der Waals surface area contributed by atoms with E-state index in [-0.39, 0.29) is 30.7 Å². The number of H-pyrrole nitrogens is 1. The number of fused-ring (bicyclic) bond motifs is 1. The van der Waals surface area contributed by atoms with E-state index in [2.05, 4.69) is 20.9 Å². The third kappa shape index (κ3) is 5.14. The Bertz CT molecular complexity index is 1370. The van der Waals surface area contributed by atoms with Gasteiger partial charge in [-0.2, -0.15) is 0 Å². The summed E-state index contributed by atoms with van der Waals surface area (Å²) in [6.07, 6.45) is 1.73. The number of nitrogens with zero attached hydrogens (tertiary/aromatic N) is 1. The van der Waals surface area contributed by atoms with Crippen molar-refractivity contribution in [3.63, 3.8) is 0 Å². The first kappa shape index (κ1) is 24.7. The van der Waals surface area contributed by atoms with Crippen molar-refractivity contribution in [2.24, 2.45) is 0 Å². The first-order valence-electron chi connectivity index (χ1n) is 11.5. The number of benzene rings is 2. The Labute approximate surface area is 208 Å². The second-order valence-electron chi connectivity index (χ2n) is 8.86. The number of aromatic amines is 1. The van der Waals surface area contributed by atoms with Crippen LogP contribution in [0.25, 0.3) is 11.6 Å². The number of nitrogens with one attached hydrogen (secondary N) is 4. The number of anilines is 3. The summed E-state index contributed by atoms with van der Waals surface area (Å²) in [5.74, 6) is -1.31. The van der Waals surface area contributed by atoms with Gasteiger partial charge in [-0.15, -0.1) is 0 Å². The Morgan fingerprint density at radius 1 is 1.08 bits per heavy atom. The van der Waals surface area contributed by atoms with E-state index in [0.29, 0.717) is 45.0 Å². The van der Waals surface area contributed by atoms with E-state index < -0.39 is 5.82 Å². The molecule has 0 saturated heterocycles.